The zero-order chi connectivity index (χ0) is 11.1. The van der Waals surface area contributed by atoms with Crippen LogP contribution in [0.25, 0.3) is 0 Å². The molecule has 15 heavy (non-hydrogen) atoms. The summed E-state index contributed by atoms with van der Waals surface area (Å²) >= 11 is 0. The fourth-order valence-electron chi connectivity index (χ4n) is 1.49. The van der Waals surface area contributed by atoms with Crippen LogP contribution < -0.4 is 0 Å². The molecule has 0 aliphatic rings. The van der Waals surface area contributed by atoms with Gasteiger partial charge in [0.25, 0.3) is 0 Å². The van der Waals surface area contributed by atoms with Crippen LogP contribution >= 0.6 is 0 Å². The third kappa shape index (κ3) is 3.47. The van der Waals surface area contributed by atoms with Crippen molar-refractivity contribution in [1.82, 2.24) is 4.90 Å². The molecule has 78 valence electrons. The number of hydrogen-bond donors (Lipinski definition) is 0. The average molecular weight is 199 g/mol. The fourth-order valence-corrected chi connectivity index (χ4v) is 1.49. The van der Waals surface area contributed by atoms with Gasteiger partial charge in [0.05, 0.1) is 0 Å². The maximum atomic E-state index is 7.33. The van der Waals surface area contributed by atoms with Crippen molar-refractivity contribution in [2.75, 3.05) is 13.6 Å². The molecule has 0 heterocycles. The first-order chi connectivity index (χ1) is 7.29. The molecule has 0 aliphatic carbocycles. The first-order valence-electron chi connectivity index (χ1n) is 5.35. The van der Waals surface area contributed by atoms with E-state index in [1.165, 1.54) is 6.42 Å². The van der Waals surface area contributed by atoms with E-state index in [0.29, 0.717) is 0 Å². The predicted octanol–water partition coefficient (Wildman–Crippen LogP) is 2.89. The molecule has 0 N–H and O–H groups in total. The van der Waals surface area contributed by atoms with E-state index in [1.54, 1.807) is 0 Å². The van der Waals surface area contributed by atoms with Crippen molar-refractivity contribution >= 4 is 0 Å². The summed E-state index contributed by atoms with van der Waals surface area (Å²) in [5, 5.41) is 0. The molecule has 0 bridgehead atoms. The van der Waals surface area contributed by atoms with E-state index in [0.717, 1.165) is 24.6 Å². The van der Waals surface area contributed by atoms with Gasteiger partial charge in [-0.25, -0.2) is 0 Å². The Kier molecular flexibility index (Phi) is 5.03. The van der Waals surface area contributed by atoms with E-state index in [4.69, 9.17) is 6.42 Å². The summed E-state index contributed by atoms with van der Waals surface area (Å²) in [6.07, 6.45) is 9.65. The van der Waals surface area contributed by atoms with Crippen LogP contribution in [0.5, 0.6) is 0 Å². The van der Waals surface area contributed by atoms with Crippen LogP contribution in [0.2, 0.25) is 0 Å². The Morgan fingerprint density at radius 1 is 1.33 bits per heavy atom. The van der Waals surface area contributed by atoms with Crippen LogP contribution in [0.4, 0.5) is 0 Å². The summed E-state index contributed by atoms with van der Waals surface area (Å²) in [7, 11) is 2.01. The standard InChI is InChI=1S/C14H17N/c1-4-6-12-15(3)14(5-2)13-10-8-7-9-11-13/h7-11H,4,6,12H2,1,3H3. The Labute approximate surface area is 93.1 Å². The molecular weight excluding hydrogens is 182 g/mol. The number of unbranched alkanes of at least 4 members (excludes halogenated alkanes) is 1. The average Bonchev–Trinajstić information content (AvgIpc) is 2.29. The summed E-state index contributed by atoms with van der Waals surface area (Å²) in [6.45, 7) is 3.15. The van der Waals surface area contributed by atoms with Crippen LogP contribution in [-0.2, 0) is 0 Å². The van der Waals surface area contributed by atoms with Gasteiger partial charge in [-0.2, -0.15) is 0 Å². The van der Waals surface area contributed by atoms with Crippen molar-refractivity contribution in [3.05, 3.63) is 48.4 Å². The van der Waals surface area contributed by atoms with Gasteiger partial charge in [0.2, 0.25) is 0 Å². The molecule has 0 spiro atoms. The van der Waals surface area contributed by atoms with Crippen LogP contribution in [-0.4, -0.2) is 18.5 Å². The summed E-state index contributed by atoms with van der Waals surface area (Å²) in [5.41, 5.74) is 1.06. The minimum absolute atomic E-state index is 0.865. The van der Waals surface area contributed by atoms with E-state index < -0.39 is 0 Å². The first-order valence-corrected chi connectivity index (χ1v) is 5.35. The van der Waals surface area contributed by atoms with Crippen LogP contribution in [0.15, 0.2) is 30.3 Å². The maximum absolute atomic E-state index is 7.33. The fraction of sp³-hybridized carbons (Fsp3) is 0.357. The van der Waals surface area contributed by atoms with Gasteiger partial charge in [-0.3, -0.25) is 0 Å². The van der Waals surface area contributed by atoms with Gasteiger partial charge in [0, 0.05) is 0 Å². The minimum atomic E-state index is 0.865. The van der Waals surface area contributed by atoms with E-state index in [-0.39, 0.29) is 0 Å². The summed E-state index contributed by atoms with van der Waals surface area (Å²) in [6, 6.07) is 10.8. The second-order valence-electron chi connectivity index (χ2n) is 3.61. The second-order valence-corrected chi connectivity index (χ2v) is 3.61. The first kappa shape index (κ1) is 11.9. The third-order valence-electron chi connectivity index (χ3n) is 2.39. The van der Waals surface area contributed by atoms with E-state index in [9.17, 15) is 0 Å². The van der Waals surface area contributed by atoms with Gasteiger partial charge < -0.3 is 0 Å². The zero-order valence-corrected chi connectivity index (χ0v) is 9.46. The van der Waals surface area contributed by atoms with Crippen molar-refractivity contribution in [3.8, 4) is 5.92 Å². The Morgan fingerprint density at radius 3 is 2.53 bits per heavy atom. The molecule has 0 saturated heterocycles. The summed E-state index contributed by atoms with van der Waals surface area (Å²) < 4.78 is 0. The van der Waals surface area contributed by atoms with Gasteiger partial charge in [-0.1, -0.05) is 0 Å². The van der Waals surface area contributed by atoms with Crippen molar-refractivity contribution in [3.63, 3.8) is 0 Å². The molecule has 0 unspecified atom stereocenters. The van der Waals surface area contributed by atoms with Crippen molar-refractivity contribution in [2.45, 2.75) is 19.8 Å². The Balaban J connectivity index is 2.68. The van der Waals surface area contributed by atoms with E-state index in [1.807, 2.05) is 37.4 Å². The molecule has 1 aromatic carbocycles. The van der Waals surface area contributed by atoms with Crippen molar-refractivity contribution < 1.29 is 0 Å². The molecule has 0 radical (unpaired) electrons. The van der Waals surface area contributed by atoms with Gasteiger partial charge >= 0.3 is 92.5 Å². The van der Waals surface area contributed by atoms with Gasteiger partial charge in [-0.05, 0) is 0 Å². The summed E-state index contributed by atoms with van der Waals surface area (Å²) in [5.74, 6) is 2.52. The topological polar surface area (TPSA) is 3.24 Å². The van der Waals surface area contributed by atoms with Gasteiger partial charge in [-0.15, -0.1) is 0 Å². The SMILES string of the molecule is [C+]#C[C-](c1ccccc1)N(C)CCCC. The molecule has 0 saturated carbocycles. The van der Waals surface area contributed by atoms with Gasteiger partial charge in [0.1, 0.15) is 0 Å². The number of hydrogen-bond acceptors (Lipinski definition) is 1. The second kappa shape index (κ2) is 6.34. The molecule has 0 amide bonds. The van der Waals surface area contributed by atoms with Crippen molar-refractivity contribution in [2.24, 2.45) is 0 Å². The normalized spacial score (nSPS) is 10.2. The quantitative estimate of drug-likeness (QED) is 0.520. The molecule has 0 aliphatic heterocycles. The molecule has 1 rings (SSSR count). The van der Waals surface area contributed by atoms with Crippen LogP contribution in [0.1, 0.15) is 25.3 Å². The number of nitrogens with zero attached hydrogens (tertiary/aromatic N) is 1. The third-order valence-corrected chi connectivity index (χ3v) is 2.39. The van der Waals surface area contributed by atoms with Crippen LogP contribution in [0.3, 0.4) is 0 Å². The molecule has 1 heteroatoms. The molecule has 1 nitrogen and oxygen atoms in total. The van der Waals surface area contributed by atoms with Gasteiger partial charge in [0.15, 0.2) is 0 Å². The molecule has 1 aromatic rings. The Bertz CT molecular complexity index is 310. The number of benzene rings is 1. The number of rotatable bonds is 5. The van der Waals surface area contributed by atoms with E-state index in [2.05, 4.69) is 17.7 Å². The van der Waals surface area contributed by atoms with Crippen molar-refractivity contribution in [1.29, 1.82) is 0 Å². The Morgan fingerprint density at radius 2 is 2.00 bits per heavy atom. The zero-order valence-electron chi connectivity index (χ0n) is 9.46. The predicted molar refractivity (Wildman–Crippen MR) is 63.5 cm³/mol. The molecule has 0 atom stereocenters. The van der Waals surface area contributed by atoms with E-state index >= 15 is 0 Å². The molecule has 0 aromatic heterocycles. The summed E-state index contributed by atoms with van der Waals surface area (Å²) in [4.78, 5) is 2.09. The Hall–Kier alpha value is -1.17. The molecule has 0 fully saturated rings. The van der Waals surface area contributed by atoms with Crippen LogP contribution in [0, 0.1) is 18.4 Å². The molecular formula is C14H17N. The monoisotopic (exact) mass is 199 g/mol.